The molecule has 2 rings (SSSR count). The third-order valence-electron chi connectivity index (χ3n) is 3.24. The van der Waals surface area contributed by atoms with E-state index < -0.39 is 0 Å². The van der Waals surface area contributed by atoms with Crippen LogP contribution in [0.5, 0.6) is 0 Å². The molecule has 1 fully saturated rings. The Balaban J connectivity index is 1.89. The smallest absolute Gasteiger partial charge is 0.237 e. The van der Waals surface area contributed by atoms with Crippen molar-refractivity contribution in [2.24, 2.45) is 0 Å². The Morgan fingerprint density at radius 3 is 3.11 bits per heavy atom. The van der Waals surface area contributed by atoms with Crippen molar-refractivity contribution in [3.05, 3.63) is 16.1 Å². The van der Waals surface area contributed by atoms with Crippen LogP contribution in [0.4, 0.5) is 0 Å². The van der Waals surface area contributed by atoms with Crippen LogP contribution < -0.4 is 10.6 Å². The lowest BCUT2D eigenvalue weighted by molar-refractivity contribution is -0.123. The van der Waals surface area contributed by atoms with Gasteiger partial charge in [0, 0.05) is 11.1 Å². The van der Waals surface area contributed by atoms with E-state index in [0.29, 0.717) is 0 Å². The molecule has 0 saturated carbocycles. The lowest BCUT2D eigenvalue weighted by Crippen LogP contribution is -2.44. The number of nitrogens with zero attached hydrogens (tertiary/aromatic N) is 1. The zero-order valence-electron chi connectivity index (χ0n) is 11.0. The number of nitrogens with one attached hydrogen (secondary N) is 2. The second-order valence-corrected chi connectivity index (χ2v) is 5.80. The van der Waals surface area contributed by atoms with E-state index in [-0.39, 0.29) is 18.0 Å². The summed E-state index contributed by atoms with van der Waals surface area (Å²) >= 11 is 1.60. The molecule has 1 aliphatic heterocycles. The maximum absolute atomic E-state index is 12.1. The number of aryl methyl sites for hydroxylation is 1. The van der Waals surface area contributed by atoms with E-state index in [1.54, 1.807) is 11.3 Å². The van der Waals surface area contributed by atoms with Crippen molar-refractivity contribution in [2.45, 2.75) is 51.6 Å². The van der Waals surface area contributed by atoms with Crippen molar-refractivity contribution >= 4 is 17.2 Å². The zero-order valence-corrected chi connectivity index (χ0v) is 11.8. The summed E-state index contributed by atoms with van der Waals surface area (Å²) in [6.45, 7) is 4.91. The van der Waals surface area contributed by atoms with Gasteiger partial charge in [-0.2, -0.15) is 0 Å². The van der Waals surface area contributed by atoms with E-state index in [4.69, 9.17) is 0 Å². The molecule has 0 aliphatic carbocycles. The highest BCUT2D eigenvalue weighted by Crippen LogP contribution is 2.18. The number of thiazole rings is 1. The minimum atomic E-state index is -0.0315. The molecule has 5 heteroatoms. The van der Waals surface area contributed by atoms with Gasteiger partial charge in [0.15, 0.2) is 0 Å². The number of aromatic nitrogens is 1. The molecule has 0 radical (unpaired) electrons. The summed E-state index contributed by atoms with van der Waals surface area (Å²) < 4.78 is 0. The number of hydrogen-bond donors (Lipinski definition) is 2. The highest BCUT2D eigenvalue weighted by atomic mass is 32.1. The standard InChI is InChI=1S/C13H21N3OS/c1-9-8-18-13(15-9)10(2)16-12(17)11-6-4-3-5-7-14-11/h8,10-11,14H,3-7H2,1-2H3,(H,16,17). The van der Waals surface area contributed by atoms with Crippen molar-refractivity contribution < 1.29 is 4.79 Å². The molecule has 1 aliphatic rings. The summed E-state index contributed by atoms with van der Waals surface area (Å²) in [5.74, 6) is 0.109. The van der Waals surface area contributed by atoms with Gasteiger partial charge >= 0.3 is 0 Å². The first-order valence-electron chi connectivity index (χ1n) is 6.62. The average molecular weight is 267 g/mol. The topological polar surface area (TPSA) is 54.0 Å². The van der Waals surface area contributed by atoms with E-state index in [1.165, 1.54) is 12.8 Å². The Morgan fingerprint density at radius 2 is 2.39 bits per heavy atom. The van der Waals surface area contributed by atoms with Crippen LogP contribution in [0.1, 0.15) is 49.4 Å². The SMILES string of the molecule is Cc1csc(C(C)NC(=O)C2CCCCCN2)n1. The van der Waals surface area contributed by atoms with Gasteiger partial charge in [-0.05, 0) is 33.2 Å². The Labute approximate surface area is 112 Å². The first-order chi connectivity index (χ1) is 8.66. The number of hydrogen-bond acceptors (Lipinski definition) is 4. The summed E-state index contributed by atoms with van der Waals surface area (Å²) in [5.41, 5.74) is 1.02. The van der Waals surface area contributed by atoms with Crippen LogP contribution in [0.3, 0.4) is 0 Å². The average Bonchev–Trinajstić information content (AvgIpc) is 2.63. The quantitative estimate of drug-likeness (QED) is 0.882. The van der Waals surface area contributed by atoms with Crippen LogP contribution in [-0.4, -0.2) is 23.5 Å². The maximum atomic E-state index is 12.1. The molecule has 2 unspecified atom stereocenters. The van der Waals surface area contributed by atoms with Crippen molar-refractivity contribution in [2.75, 3.05) is 6.54 Å². The van der Waals surface area contributed by atoms with E-state index in [2.05, 4.69) is 15.6 Å². The first-order valence-corrected chi connectivity index (χ1v) is 7.50. The van der Waals surface area contributed by atoms with Crippen molar-refractivity contribution in [3.63, 3.8) is 0 Å². The fourth-order valence-corrected chi connectivity index (χ4v) is 3.00. The molecule has 2 atom stereocenters. The lowest BCUT2D eigenvalue weighted by atomic mass is 10.1. The minimum absolute atomic E-state index is 0.00116. The highest BCUT2D eigenvalue weighted by Gasteiger charge is 2.21. The Bertz CT molecular complexity index is 397. The van der Waals surface area contributed by atoms with Crippen LogP contribution in [-0.2, 0) is 4.79 Å². The zero-order chi connectivity index (χ0) is 13.0. The molecule has 0 spiro atoms. The van der Waals surface area contributed by atoms with Crippen LogP contribution >= 0.6 is 11.3 Å². The fraction of sp³-hybridized carbons (Fsp3) is 0.692. The second kappa shape index (κ2) is 6.29. The number of carbonyl (C=O) groups excluding carboxylic acids is 1. The van der Waals surface area contributed by atoms with Crippen molar-refractivity contribution in [1.29, 1.82) is 0 Å². The molecular weight excluding hydrogens is 246 g/mol. The van der Waals surface area contributed by atoms with Gasteiger partial charge in [-0.25, -0.2) is 4.98 Å². The van der Waals surface area contributed by atoms with Crippen molar-refractivity contribution in [1.82, 2.24) is 15.6 Å². The summed E-state index contributed by atoms with van der Waals surface area (Å²) in [7, 11) is 0. The molecule has 1 aromatic heterocycles. The molecule has 4 nitrogen and oxygen atoms in total. The predicted molar refractivity (Wildman–Crippen MR) is 73.7 cm³/mol. The molecule has 2 N–H and O–H groups in total. The van der Waals surface area contributed by atoms with Gasteiger partial charge in [0.05, 0.1) is 12.1 Å². The van der Waals surface area contributed by atoms with E-state index in [9.17, 15) is 4.79 Å². The van der Waals surface area contributed by atoms with Crippen molar-refractivity contribution in [3.8, 4) is 0 Å². The molecule has 1 amide bonds. The van der Waals surface area contributed by atoms with Crippen LogP contribution in [0.15, 0.2) is 5.38 Å². The normalized spacial score (nSPS) is 22.2. The second-order valence-electron chi connectivity index (χ2n) is 4.91. The minimum Gasteiger partial charge on any atom is -0.346 e. The van der Waals surface area contributed by atoms with Gasteiger partial charge in [-0.15, -0.1) is 11.3 Å². The Kier molecular flexibility index (Phi) is 4.72. The lowest BCUT2D eigenvalue weighted by Gasteiger charge is -2.18. The van der Waals surface area contributed by atoms with Gasteiger partial charge in [-0.1, -0.05) is 12.8 Å². The number of carbonyl (C=O) groups is 1. The van der Waals surface area contributed by atoms with Gasteiger partial charge in [0.25, 0.3) is 0 Å². The third kappa shape index (κ3) is 3.53. The van der Waals surface area contributed by atoms with Gasteiger partial charge in [-0.3, -0.25) is 4.79 Å². The molecular formula is C13H21N3OS. The Hall–Kier alpha value is -0.940. The van der Waals surface area contributed by atoms with Gasteiger partial charge in [0.1, 0.15) is 5.01 Å². The first kappa shape index (κ1) is 13.5. The summed E-state index contributed by atoms with van der Waals surface area (Å²) in [5, 5.41) is 9.36. The number of rotatable bonds is 3. The third-order valence-corrected chi connectivity index (χ3v) is 4.39. The largest absolute Gasteiger partial charge is 0.346 e. The van der Waals surface area contributed by atoms with E-state index in [0.717, 1.165) is 30.1 Å². The molecule has 2 heterocycles. The van der Waals surface area contributed by atoms with E-state index in [1.807, 2.05) is 19.2 Å². The highest BCUT2D eigenvalue weighted by molar-refractivity contribution is 7.09. The molecule has 18 heavy (non-hydrogen) atoms. The van der Waals surface area contributed by atoms with E-state index >= 15 is 0 Å². The Morgan fingerprint density at radius 1 is 1.56 bits per heavy atom. The van der Waals surface area contributed by atoms with Crippen LogP contribution in [0, 0.1) is 6.92 Å². The molecule has 1 aromatic rings. The van der Waals surface area contributed by atoms with Crippen LogP contribution in [0.25, 0.3) is 0 Å². The monoisotopic (exact) mass is 267 g/mol. The molecule has 0 bridgehead atoms. The fourth-order valence-electron chi connectivity index (χ4n) is 2.20. The van der Waals surface area contributed by atoms with Gasteiger partial charge in [0.2, 0.25) is 5.91 Å². The van der Waals surface area contributed by atoms with Gasteiger partial charge < -0.3 is 10.6 Å². The summed E-state index contributed by atoms with van der Waals surface area (Å²) in [6, 6.07) is -0.0303. The molecule has 1 saturated heterocycles. The maximum Gasteiger partial charge on any atom is 0.237 e. The molecule has 0 aromatic carbocycles. The summed E-state index contributed by atoms with van der Waals surface area (Å²) in [4.78, 5) is 16.6. The predicted octanol–water partition coefficient (Wildman–Crippen LogP) is 2.16. The summed E-state index contributed by atoms with van der Waals surface area (Å²) in [6.07, 6.45) is 4.47. The molecule has 100 valence electrons. The van der Waals surface area contributed by atoms with Crippen LogP contribution in [0.2, 0.25) is 0 Å². The number of amides is 1.